The fraction of sp³-hybridized carbons (Fsp3) is 0.400. The van der Waals surface area contributed by atoms with Gasteiger partial charge in [0.2, 0.25) is 5.91 Å². The third kappa shape index (κ3) is 4.82. The number of sulfone groups is 1. The molecule has 1 aliphatic rings. The van der Waals surface area contributed by atoms with Gasteiger partial charge in [-0.3, -0.25) is 4.79 Å². The van der Waals surface area contributed by atoms with Crippen LogP contribution < -0.4 is 5.32 Å². The number of rotatable bonds is 3. The lowest BCUT2D eigenvalue weighted by molar-refractivity contribution is -0.137. The summed E-state index contributed by atoms with van der Waals surface area (Å²) in [6.45, 7) is 1.65. The van der Waals surface area contributed by atoms with E-state index < -0.39 is 33.0 Å². The van der Waals surface area contributed by atoms with E-state index in [-0.39, 0.29) is 11.5 Å². The molecule has 23 heavy (non-hydrogen) atoms. The first kappa shape index (κ1) is 17.5. The van der Waals surface area contributed by atoms with Gasteiger partial charge in [-0.1, -0.05) is 12.1 Å². The molecule has 1 fully saturated rings. The van der Waals surface area contributed by atoms with E-state index in [2.05, 4.69) is 5.32 Å². The number of benzene rings is 1. The van der Waals surface area contributed by atoms with Crippen LogP contribution in [0.3, 0.4) is 0 Å². The van der Waals surface area contributed by atoms with E-state index in [4.69, 9.17) is 0 Å². The zero-order chi connectivity index (χ0) is 17.3. The Balaban J connectivity index is 1.99. The molecule has 0 aliphatic carbocycles. The summed E-state index contributed by atoms with van der Waals surface area (Å²) in [6.07, 6.45) is -1.50. The van der Waals surface area contributed by atoms with Crippen LogP contribution in [0.25, 0.3) is 6.08 Å². The lowest BCUT2D eigenvalue weighted by atomic mass is 10.0. The molecule has 1 aliphatic heterocycles. The van der Waals surface area contributed by atoms with Crippen molar-refractivity contribution in [3.63, 3.8) is 0 Å². The largest absolute Gasteiger partial charge is 0.416 e. The average Bonchev–Trinajstić information content (AvgIpc) is 2.69. The average molecular weight is 347 g/mol. The van der Waals surface area contributed by atoms with E-state index in [1.807, 2.05) is 0 Å². The number of halogens is 3. The molecule has 1 amide bonds. The van der Waals surface area contributed by atoms with Crippen molar-refractivity contribution in [1.29, 1.82) is 0 Å². The molecule has 1 aromatic rings. The quantitative estimate of drug-likeness (QED) is 0.854. The van der Waals surface area contributed by atoms with Gasteiger partial charge in [-0.2, -0.15) is 13.2 Å². The fourth-order valence-corrected chi connectivity index (χ4v) is 4.50. The highest BCUT2D eigenvalue weighted by atomic mass is 32.2. The normalized spacial score (nSPS) is 24.0. The lowest BCUT2D eigenvalue weighted by Crippen LogP contribution is -2.46. The maximum Gasteiger partial charge on any atom is 0.416 e. The summed E-state index contributed by atoms with van der Waals surface area (Å²) in [5.41, 5.74) is -1.12. The number of hydrogen-bond acceptors (Lipinski definition) is 3. The topological polar surface area (TPSA) is 63.2 Å². The Kier molecular flexibility index (Phi) is 4.57. The standard InChI is InChI=1S/C15H16F3NO3S/c1-14(8-9-23(21,22)10-14)19-13(20)7-4-11-2-5-12(6-3-11)15(16,17)18/h2-7H,8-10H2,1H3,(H,19,20)/b7-4+. The van der Waals surface area contributed by atoms with Crippen molar-refractivity contribution in [3.8, 4) is 0 Å². The second-order valence-corrected chi connectivity index (χ2v) is 8.03. The molecule has 1 aromatic carbocycles. The van der Waals surface area contributed by atoms with Crippen molar-refractivity contribution in [2.45, 2.75) is 25.1 Å². The van der Waals surface area contributed by atoms with Gasteiger partial charge >= 0.3 is 6.18 Å². The molecule has 0 aromatic heterocycles. The van der Waals surface area contributed by atoms with Crippen molar-refractivity contribution in [3.05, 3.63) is 41.5 Å². The minimum absolute atomic E-state index is 0.0341. The van der Waals surface area contributed by atoms with E-state index in [1.54, 1.807) is 6.92 Å². The number of hydrogen-bond donors (Lipinski definition) is 1. The SMILES string of the molecule is CC1(NC(=O)/C=C/c2ccc(C(F)(F)F)cc2)CCS(=O)(=O)C1. The van der Waals surface area contributed by atoms with E-state index in [1.165, 1.54) is 24.3 Å². The molecule has 126 valence electrons. The summed E-state index contributed by atoms with van der Waals surface area (Å²) in [5, 5.41) is 2.63. The number of nitrogens with one attached hydrogen (secondary N) is 1. The van der Waals surface area contributed by atoms with Gasteiger partial charge in [-0.05, 0) is 37.1 Å². The Hall–Kier alpha value is -1.83. The number of amides is 1. The van der Waals surface area contributed by atoms with Crippen molar-refractivity contribution >= 4 is 21.8 Å². The Bertz CT molecular complexity index is 723. The molecule has 0 radical (unpaired) electrons. The van der Waals surface area contributed by atoms with E-state index >= 15 is 0 Å². The first-order valence-electron chi connectivity index (χ1n) is 6.87. The monoisotopic (exact) mass is 347 g/mol. The fourth-order valence-electron chi connectivity index (χ4n) is 2.40. The van der Waals surface area contributed by atoms with Crippen LogP contribution in [-0.2, 0) is 20.8 Å². The zero-order valence-electron chi connectivity index (χ0n) is 12.4. The summed E-state index contributed by atoms with van der Waals surface area (Å²) in [6, 6.07) is 4.38. The van der Waals surface area contributed by atoms with Gasteiger partial charge in [0, 0.05) is 6.08 Å². The van der Waals surface area contributed by atoms with Crippen molar-refractivity contribution in [2.75, 3.05) is 11.5 Å². The third-order valence-electron chi connectivity index (χ3n) is 3.59. The molecule has 1 N–H and O–H groups in total. The highest BCUT2D eigenvalue weighted by molar-refractivity contribution is 7.91. The molecular formula is C15H16F3NO3S. The predicted molar refractivity (Wildman–Crippen MR) is 80.3 cm³/mol. The van der Waals surface area contributed by atoms with Crippen LogP contribution in [0, 0.1) is 0 Å². The van der Waals surface area contributed by atoms with Crippen molar-refractivity contribution in [2.24, 2.45) is 0 Å². The molecule has 0 saturated carbocycles. The highest BCUT2D eigenvalue weighted by Crippen LogP contribution is 2.29. The van der Waals surface area contributed by atoms with Gasteiger partial charge in [0.15, 0.2) is 9.84 Å². The molecule has 1 unspecified atom stereocenters. The minimum Gasteiger partial charge on any atom is -0.346 e. The molecule has 1 saturated heterocycles. The Labute approximate surface area is 132 Å². The summed E-state index contributed by atoms with van der Waals surface area (Å²) >= 11 is 0. The van der Waals surface area contributed by atoms with Gasteiger partial charge in [0.1, 0.15) is 0 Å². The number of carbonyl (C=O) groups is 1. The van der Waals surface area contributed by atoms with Crippen LogP contribution in [0.5, 0.6) is 0 Å². The van der Waals surface area contributed by atoms with Gasteiger partial charge in [-0.15, -0.1) is 0 Å². The van der Waals surface area contributed by atoms with Crippen LogP contribution in [0.1, 0.15) is 24.5 Å². The van der Waals surface area contributed by atoms with Crippen molar-refractivity contribution in [1.82, 2.24) is 5.32 Å². The van der Waals surface area contributed by atoms with Crippen LogP contribution in [-0.4, -0.2) is 31.4 Å². The van der Waals surface area contributed by atoms with Crippen LogP contribution in [0.2, 0.25) is 0 Å². The molecule has 0 spiro atoms. The summed E-state index contributed by atoms with van der Waals surface area (Å²) in [7, 11) is -3.13. The Morgan fingerprint density at radius 3 is 2.35 bits per heavy atom. The second kappa shape index (κ2) is 5.99. The summed E-state index contributed by atoms with van der Waals surface area (Å²) in [5.74, 6) is -0.559. The molecule has 2 rings (SSSR count). The second-order valence-electron chi connectivity index (χ2n) is 5.85. The van der Waals surface area contributed by atoms with Gasteiger partial charge in [0.25, 0.3) is 0 Å². The smallest absolute Gasteiger partial charge is 0.346 e. The molecule has 8 heteroatoms. The predicted octanol–water partition coefficient (Wildman–Crippen LogP) is 2.41. The van der Waals surface area contributed by atoms with E-state index in [0.717, 1.165) is 12.1 Å². The van der Waals surface area contributed by atoms with Crippen LogP contribution in [0.15, 0.2) is 30.3 Å². The minimum atomic E-state index is -4.40. The summed E-state index contributed by atoms with van der Waals surface area (Å²) in [4.78, 5) is 11.8. The molecule has 1 heterocycles. The maximum atomic E-state index is 12.4. The van der Waals surface area contributed by atoms with Crippen LogP contribution in [0.4, 0.5) is 13.2 Å². The summed E-state index contributed by atoms with van der Waals surface area (Å²) < 4.78 is 60.2. The molecule has 1 atom stereocenters. The lowest BCUT2D eigenvalue weighted by Gasteiger charge is -2.22. The number of alkyl halides is 3. The zero-order valence-corrected chi connectivity index (χ0v) is 13.2. The third-order valence-corrected chi connectivity index (χ3v) is 5.50. The van der Waals surface area contributed by atoms with Gasteiger partial charge in [0.05, 0.1) is 22.6 Å². The van der Waals surface area contributed by atoms with E-state index in [9.17, 15) is 26.4 Å². The Morgan fingerprint density at radius 2 is 1.87 bits per heavy atom. The highest BCUT2D eigenvalue weighted by Gasteiger charge is 2.39. The first-order valence-corrected chi connectivity index (χ1v) is 8.69. The van der Waals surface area contributed by atoms with Crippen LogP contribution >= 0.6 is 0 Å². The Morgan fingerprint density at radius 1 is 1.26 bits per heavy atom. The first-order chi connectivity index (χ1) is 10.5. The number of carbonyl (C=O) groups excluding carboxylic acids is 1. The van der Waals surface area contributed by atoms with Crippen molar-refractivity contribution < 1.29 is 26.4 Å². The molecular weight excluding hydrogens is 331 g/mol. The van der Waals surface area contributed by atoms with E-state index in [0.29, 0.717) is 12.0 Å². The molecule has 0 bridgehead atoms. The molecule has 4 nitrogen and oxygen atoms in total. The van der Waals surface area contributed by atoms with Gasteiger partial charge < -0.3 is 5.32 Å². The maximum absolute atomic E-state index is 12.4. The van der Waals surface area contributed by atoms with Gasteiger partial charge in [-0.25, -0.2) is 8.42 Å².